The van der Waals surface area contributed by atoms with Gasteiger partial charge in [-0.2, -0.15) is 0 Å². The van der Waals surface area contributed by atoms with Gasteiger partial charge in [-0.3, -0.25) is 0 Å². The van der Waals surface area contributed by atoms with Crippen LogP contribution in [0.25, 0.3) is 0 Å². The Morgan fingerprint density at radius 3 is 2.56 bits per heavy atom. The zero-order valence-electron chi connectivity index (χ0n) is 12.1. The molecule has 1 aliphatic carbocycles. The number of hydrogen-bond donors (Lipinski definition) is 1. The maximum Gasteiger partial charge on any atom is 0.00683 e. The second-order valence-corrected chi connectivity index (χ2v) is 6.31. The van der Waals surface area contributed by atoms with Crippen LogP contribution in [0.5, 0.6) is 0 Å². The summed E-state index contributed by atoms with van der Waals surface area (Å²) in [5.74, 6) is 1.58. The summed E-state index contributed by atoms with van der Waals surface area (Å²) in [7, 11) is 0. The zero-order chi connectivity index (χ0) is 13.0. The molecule has 1 fully saturated rings. The summed E-state index contributed by atoms with van der Waals surface area (Å²) < 4.78 is 0. The SMILES string of the molecule is Cc1ccccc1CC(CNC1CC1)CC(C)C. The molecule has 1 aromatic rings. The Bertz CT molecular complexity index is 366. The van der Waals surface area contributed by atoms with E-state index >= 15 is 0 Å². The number of aryl methyl sites for hydroxylation is 1. The number of nitrogens with one attached hydrogen (secondary N) is 1. The van der Waals surface area contributed by atoms with E-state index in [1.54, 1.807) is 0 Å². The van der Waals surface area contributed by atoms with Crippen LogP contribution < -0.4 is 5.32 Å². The molecule has 0 spiro atoms. The maximum atomic E-state index is 3.70. The molecule has 1 heteroatoms. The van der Waals surface area contributed by atoms with Gasteiger partial charge in [0, 0.05) is 6.04 Å². The van der Waals surface area contributed by atoms with Gasteiger partial charge in [0.15, 0.2) is 0 Å². The lowest BCUT2D eigenvalue weighted by Gasteiger charge is -2.20. The van der Waals surface area contributed by atoms with Crippen molar-refractivity contribution in [3.63, 3.8) is 0 Å². The van der Waals surface area contributed by atoms with Gasteiger partial charge in [-0.25, -0.2) is 0 Å². The summed E-state index contributed by atoms with van der Waals surface area (Å²) in [6.45, 7) is 8.09. The first-order valence-corrected chi connectivity index (χ1v) is 7.43. The molecular weight excluding hydrogens is 218 g/mol. The van der Waals surface area contributed by atoms with E-state index < -0.39 is 0 Å². The Labute approximate surface area is 112 Å². The van der Waals surface area contributed by atoms with Crippen LogP contribution in [-0.2, 0) is 6.42 Å². The van der Waals surface area contributed by atoms with Crippen LogP contribution in [0.1, 0.15) is 44.2 Å². The molecule has 1 nitrogen and oxygen atoms in total. The fraction of sp³-hybridized carbons (Fsp3) is 0.647. The molecule has 1 atom stereocenters. The molecule has 1 aromatic carbocycles. The van der Waals surface area contributed by atoms with Gasteiger partial charge in [-0.05, 0) is 62.1 Å². The molecule has 0 bridgehead atoms. The normalized spacial score (nSPS) is 17.1. The first-order valence-electron chi connectivity index (χ1n) is 7.43. The quantitative estimate of drug-likeness (QED) is 0.767. The van der Waals surface area contributed by atoms with Gasteiger partial charge in [0.2, 0.25) is 0 Å². The summed E-state index contributed by atoms with van der Waals surface area (Å²) >= 11 is 0. The molecule has 2 rings (SSSR count). The zero-order valence-corrected chi connectivity index (χ0v) is 12.1. The van der Waals surface area contributed by atoms with Gasteiger partial charge in [0.1, 0.15) is 0 Å². The largest absolute Gasteiger partial charge is 0.314 e. The fourth-order valence-electron chi connectivity index (χ4n) is 2.68. The van der Waals surface area contributed by atoms with Crippen LogP contribution >= 0.6 is 0 Å². The van der Waals surface area contributed by atoms with E-state index in [-0.39, 0.29) is 0 Å². The van der Waals surface area contributed by atoms with Crippen LogP contribution in [0.4, 0.5) is 0 Å². The molecule has 0 aromatic heterocycles. The van der Waals surface area contributed by atoms with Crippen molar-refractivity contribution in [1.29, 1.82) is 0 Å². The molecule has 100 valence electrons. The van der Waals surface area contributed by atoms with E-state index in [0.717, 1.165) is 17.9 Å². The van der Waals surface area contributed by atoms with Crippen molar-refractivity contribution in [3.05, 3.63) is 35.4 Å². The van der Waals surface area contributed by atoms with Gasteiger partial charge in [-0.15, -0.1) is 0 Å². The highest BCUT2D eigenvalue weighted by atomic mass is 14.9. The topological polar surface area (TPSA) is 12.0 Å². The molecule has 18 heavy (non-hydrogen) atoms. The fourth-order valence-corrected chi connectivity index (χ4v) is 2.68. The molecule has 1 unspecified atom stereocenters. The Morgan fingerprint density at radius 1 is 1.22 bits per heavy atom. The maximum absolute atomic E-state index is 3.70. The molecule has 0 saturated heterocycles. The van der Waals surface area contributed by atoms with E-state index in [4.69, 9.17) is 0 Å². The standard InChI is InChI=1S/C17H27N/c1-13(2)10-15(12-18-17-8-9-17)11-16-7-5-4-6-14(16)3/h4-7,13,15,17-18H,8-12H2,1-3H3. The highest BCUT2D eigenvalue weighted by Crippen LogP contribution is 2.22. The van der Waals surface area contributed by atoms with Crippen molar-refractivity contribution >= 4 is 0 Å². The van der Waals surface area contributed by atoms with Crippen LogP contribution in [0.2, 0.25) is 0 Å². The summed E-state index contributed by atoms with van der Waals surface area (Å²) in [5.41, 5.74) is 2.97. The molecule has 1 aliphatic rings. The molecule has 1 N–H and O–H groups in total. The van der Waals surface area contributed by atoms with Crippen molar-refractivity contribution in [1.82, 2.24) is 5.32 Å². The molecule has 0 radical (unpaired) electrons. The van der Waals surface area contributed by atoms with Crippen LogP contribution in [0.15, 0.2) is 24.3 Å². The minimum Gasteiger partial charge on any atom is -0.314 e. The van der Waals surface area contributed by atoms with Crippen molar-refractivity contribution in [2.45, 2.75) is 52.5 Å². The number of rotatable bonds is 7. The van der Waals surface area contributed by atoms with E-state index in [1.807, 2.05) is 0 Å². The molecule has 0 aliphatic heterocycles. The van der Waals surface area contributed by atoms with Crippen molar-refractivity contribution in [3.8, 4) is 0 Å². The van der Waals surface area contributed by atoms with E-state index in [9.17, 15) is 0 Å². The van der Waals surface area contributed by atoms with Gasteiger partial charge in [0.05, 0.1) is 0 Å². The summed E-state index contributed by atoms with van der Waals surface area (Å²) in [6, 6.07) is 9.66. The molecule has 0 amide bonds. The molecule has 1 saturated carbocycles. The van der Waals surface area contributed by atoms with Crippen molar-refractivity contribution in [2.24, 2.45) is 11.8 Å². The summed E-state index contributed by atoms with van der Waals surface area (Å²) in [4.78, 5) is 0. The third-order valence-electron chi connectivity index (χ3n) is 3.85. The lowest BCUT2D eigenvalue weighted by molar-refractivity contribution is 0.383. The molecule has 0 heterocycles. The smallest absolute Gasteiger partial charge is 0.00683 e. The van der Waals surface area contributed by atoms with E-state index in [0.29, 0.717) is 0 Å². The van der Waals surface area contributed by atoms with Gasteiger partial charge < -0.3 is 5.32 Å². The van der Waals surface area contributed by atoms with Crippen molar-refractivity contribution in [2.75, 3.05) is 6.54 Å². The van der Waals surface area contributed by atoms with Gasteiger partial charge in [-0.1, -0.05) is 38.1 Å². The predicted molar refractivity (Wildman–Crippen MR) is 78.9 cm³/mol. The Hall–Kier alpha value is -0.820. The third-order valence-corrected chi connectivity index (χ3v) is 3.85. The Morgan fingerprint density at radius 2 is 1.94 bits per heavy atom. The van der Waals surface area contributed by atoms with Gasteiger partial charge in [0.25, 0.3) is 0 Å². The number of hydrogen-bond acceptors (Lipinski definition) is 1. The highest BCUT2D eigenvalue weighted by molar-refractivity contribution is 5.26. The van der Waals surface area contributed by atoms with Crippen molar-refractivity contribution < 1.29 is 0 Å². The first kappa shape index (κ1) is 13.6. The van der Waals surface area contributed by atoms with E-state index in [1.165, 1.54) is 43.4 Å². The average Bonchev–Trinajstić information content (AvgIpc) is 3.12. The lowest BCUT2D eigenvalue weighted by atomic mass is 9.89. The Kier molecular flexibility index (Phi) is 4.82. The van der Waals surface area contributed by atoms with E-state index in [2.05, 4.69) is 50.4 Å². The lowest BCUT2D eigenvalue weighted by Crippen LogP contribution is -2.27. The first-order chi connectivity index (χ1) is 8.65. The second-order valence-electron chi connectivity index (χ2n) is 6.31. The highest BCUT2D eigenvalue weighted by Gasteiger charge is 2.22. The van der Waals surface area contributed by atoms with Gasteiger partial charge >= 0.3 is 0 Å². The second kappa shape index (κ2) is 6.38. The minimum atomic E-state index is 0.784. The third kappa shape index (κ3) is 4.45. The summed E-state index contributed by atoms with van der Waals surface area (Å²) in [5, 5.41) is 3.70. The van der Waals surface area contributed by atoms with Crippen LogP contribution in [0.3, 0.4) is 0 Å². The monoisotopic (exact) mass is 245 g/mol. The predicted octanol–water partition coefficient (Wildman–Crippen LogP) is 3.95. The van der Waals surface area contributed by atoms with Crippen LogP contribution in [0, 0.1) is 18.8 Å². The average molecular weight is 245 g/mol. The summed E-state index contributed by atoms with van der Waals surface area (Å²) in [6.07, 6.45) is 5.33. The Balaban J connectivity index is 1.92. The van der Waals surface area contributed by atoms with Crippen LogP contribution in [-0.4, -0.2) is 12.6 Å². The number of benzene rings is 1. The molecular formula is C17H27N. The minimum absolute atomic E-state index is 0.784.